The Morgan fingerprint density at radius 2 is 1.82 bits per heavy atom. The summed E-state index contributed by atoms with van der Waals surface area (Å²) < 4.78 is 6.12. The molecule has 0 aliphatic rings. The van der Waals surface area contributed by atoms with E-state index in [4.69, 9.17) is 39.5 Å². The van der Waals surface area contributed by atoms with Crippen LogP contribution in [0, 0.1) is 0 Å². The Balaban J connectivity index is 1.42. The molecule has 0 fully saturated rings. The predicted molar refractivity (Wildman–Crippen MR) is 114 cm³/mol. The predicted octanol–water partition coefficient (Wildman–Crippen LogP) is 5.76. The van der Waals surface area contributed by atoms with Gasteiger partial charge in [0.1, 0.15) is 0 Å². The molecule has 0 radical (unpaired) electrons. The molecule has 0 saturated carbocycles. The second kappa shape index (κ2) is 9.56. The van der Waals surface area contributed by atoms with Crippen molar-refractivity contribution in [3.63, 3.8) is 0 Å². The van der Waals surface area contributed by atoms with Gasteiger partial charge < -0.3 is 10.1 Å². The van der Waals surface area contributed by atoms with Gasteiger partial charge in [-0.1, -0.05) is 46.9 Å². The van der Waals surface area contributed by atoms with Gasteiger partial charge in [-0.3, -0.25) is 9.59 Å². The minimum Gasteiger partial charge on any atom is -0.456 e. The highest BCUT2D eigenvalue weighted by atomic mass is 35.5. The van der Waals surface area contributed by atoms with Crippen LogP contribution in [-0.4, -0.2) is 23.5 Å². The Labute approximate surface area is 180 Å². The third kappa shape index (κ3) is 5.58. The number of ether oxygens (including phenoxy) is 1. The van der Waals surface area contributed by atoms with Crippen LogP contribution in [0.1, 0.15) is 17.8 Å². The Bertz CT molecular complexity index is 967. The summed E-state index contributed by atoms with van der Waals surface area (Å²) in [6.45, 7) is -0.421. The number of hydrogen-bond donors (Lipinski definition) is 1. The number of thiazole rings is 1. The SMILES string of the molecule is O=C(COC(=O)CCCc1nc2ccccc2s1)Nc1c(Cl)cc(Cl)cc1Cl. The van der Waals surface area contributed by atoms with Crippen molar-refractivity contribution >= 4 is 73.9 Å². The van der Waals surface area contributed by atoms with E-state index in [1.807, 2.05) is 24.3 Å². The van der Waals surface area contributed by atoms with Crippen molar-refractivity contribution in [3.05, 3.63) is 56.5 Å². The van der Waals surface area contributed by atoms with Crippen molar-refractivity contribution in [1.29, 1.82) is 0 Å². The number of carbonyl (C=O) groups excluding carboxylic acids is 2. The molecule has 1 amide bonds. The van der Waals surface area contributed by atoms with Crippen LogP contribution in [0.4, 0.5) is 5.69 Å². The van der Waals surface area contributed by atoms with E-state index in [0.29, 0.717) is 17.9 Å². The zero-order valence-electron chi connectivity index (χ0n) is 14.5. The van der Waals surface area contributed by atoms with Crippen molar-refractivity contribution < 1.29 is 14.3 Å². The lowest BCUT2D eigenvalue weighted by molar-refractivity contribution is -0.147. The van der Waals surface area contributed by atoms with Crippen LogP contribution >= 0.6 is 46.1 Å². The van der Waals surface area contributed by atoms with Gasteiger partial charge in [0, 0.05) is 11.4 Å². The van der Waals surface area contributed by atoms with Crippen LogP contribution in [0.2, 0.25) is 15.1 Å². The Hall–Kier alpha value is -1.86. The van der Waals surface area contributed by atoms with Gasteiger partial charge in [0.2, 0.25) is 0 Å². The summed E-state index contributed by atoms with van der Waals surface area (Å²) in [4.78, 5) is 28.3. The van der Waals surface area contributed by atoms with E-state index >= 15 is 0 Å². The molecule has 1 heterocycles. The number of nitrogens with one attached hydrogen (secondary N) is 1. The van der Waals surface area contributed by atoms with E-state index in [9.17, 15) is 9.59 Å². The molecule has 0 aliphatic carbocycles. The van der Waals surface area contributed by atoms with Crippen molar-refractivity contribution in [1.82, 2.24) is 4.98 Å². The van der Waals surface area contributed by atoms with Crippen LogP contribution < -0.4 is 5.32 Å². The smallest absolute Gasteiger partial charge is 0.306 e. The van der Waals surface area contributed by atoms with Crippen LogP contribution in [0.25, 0.3) is 10.2 Å². The number of anilines is 1. The van der Waals surface area contributed by atoms with Gasteiger partial charge in [-0.2, -0.15) is 0 Å². The van der Waals surface area contributed by atoms with E-state index in [-0.39, 0.29) is 22.2 Å². The molecule has 146 valence electrons. The van der Waals surface area contributed by atoms with Gasteiger partial charge in [-0.15, -0.1) is 11.3 Å². The van der Waals surface area contributed by atoms with Gasteiger partial charge in [0.25, 0.3) is 5.91 Å². The molecule has 3 aromatic rings. The highest BCUT2D eigenvalue weighted by Gasteiger charge is 2.13. The second-order valence-corrected chi connectivity index (χ2v) is 8.25. The van der Waals surface area contributed by atoms with Gasteiger partial charge in [-0.05, 0) is 37.1 Å². The molecule has 28 heavy (non-hydrogen) atoms. The fourth-order valence-corrected chi connectivity index (χ4v) is 4.39. The zero-order valence-corrected chi connectivity index (χ0v) is 17.6. The van der Waals surface area contributed by atoms with E-state index in [2.05, 4.69) is 10.3 Å². The van der Waals surface area contributed by atoms with Crippen molar-refractivity contribution in [2.75, 3.05) is 11.9 Å². The molecular weight excluding hydrogens is 443 g/mol. The monoisotopic (exact) mass is 456 g/mol. The maximum absolute atomic E-state index is 12.0. The lowest BCUT2D eigenvalue weighted by Crippen LogP contribution is -2.21. The molecule has 0 bridgehead atoms. The van der Waals surface area contributed by atoms with Crippen molar-refractivity contribution in [3.8, 4) is 0 Å². The number of fused-ring (bicyclic) bond motifs is 1. The molecule has 9 heteroatoms. The van der Waals surface area contributed by atoms with Gasteiger partial charge in [-0.25, -0.2) is 4.98 Å². The molecule has 0 spiro atoms. The number of carbonyl (C=O) groups is 2. The van der Waals surface area contributed by atoms with Gasteiger partial charge >= 0.3 is 5.97 Å². The van der Waals surface area contributed by atoms with Crippen molar-refractivity contribution in [2.24, 2.45) is 0 Å². The number of nitrogens with zero attached hydrogens (tertiary/aromatic N) is 1. The second-order valence-electron chi connectivity index (χ2n) is 5.88. The summed E-state index contributed by atoms with van der Waals surface area (Å²) in [5.41, 5.74) is 1.19. The number of amides is 1. The Morgan fingerprint density at radius 3 is 2.54 bits per heavy atom. The van der Waals surface area contributed by atoms with E-state index in [1.54, 1.807) is 11.3 Å². The summed E-state index contributed by atoms with van der Waals surface area (Å²) in [5.74, 6) is -0.991. The topological polar surface area (TPSA) is 68.3 Å². The number of para-hydroxylation sites is 1. The third-order valence-corrected chi connectivity index (χ3v) is 5.66. The lowest BCUT2D eigenvalue weighted by atomic mass is 10.2. The average molecular weight is 458 g/mol. The molecule has 1 N–H and O–H groups in total. The molecule has 2 aromatic carbocycles. The van der Waals surface area contributed by atoms with E-state index in [1.165, 1.54) is 12.1 Å². The van der Waals surface area contributed by atoms with Crippen LogP contribution in [-0.2, 0) is 20.7 Å². The third-order valence-electron chi connectivity index (χ3n) is 3.75. The zero-order chi connectivity index (χ0) is 20.1. The first kappa shape index (κ1) is 20.9. The summed E-state index contributed by atoms with van der Waals surface area (Å²) >= 11 is 19.4. The fourth-order valence-electron chi connectivity index (χ4n) is 2.47. The first-order chi connectivity index (χ1) is 13.4. The Kier molecular flexibility index (Phi) is 7.13. The maximum atomic E-state index is 12.0. The highest BCUT2D eigenvalue weighted by Crippen LogP contribution is 2.33. The van der Waals surface area contributed by atoms with Crippen LogP contribution in [0.5, 0.6) is 0 Å². The number of rotatable bonds is 7. The minimum absolute atomic E-state index is 0.200. The summed E-state index contributed by atoms with van der Waals surface area (Å²) in [5, 5.41) is 4.24. The maximum Gasteiger partial charge on any atom is 0.306 e. The minimum atomic E-state index is -0.536. The summed E-state index contributed by atoms with van der Waals surface area (Å²) in [6.07, 6.45) is 1.47. The molecular formula is C19H15Cl3N2O3S. The van der Waals surface area contributed by atoms with Gasteiger partial charge in [0.05, 0.1) is 31.0 Å². The molecule has 0 unspecified atom stereocenters. The quantitative estimate of drug-likeness (QED) is 0.458. The van der Waals surface area contributed by atoms with E-state index in [0.717, 1.165) is 15.2 Å². The fraction of sp³-hybridized carbons (Fsp3) is 0.211. The van der Waals surface area contributed by atoms with Gasteiger partial charge in [0.15, 0.2) is 6.61 Å². The summed E-state index contributed by atoms with van der Waals surface area (Å²) in [6, 6.07) is 10.8. The molecule has 1 aromatic heterocycles. The standard InChI is InChI=1S/C19H15Cl3N2O3S/c20-11-8-12(21)19(13(22)9-11)24-16(25)10-27-18(26)7-3-6-17-23-14-4-1-2-5-15(14)28-17/h1-2,4-5,8-9H,3,6-7,10H2,(H,24,25). The number of aromatic nitrogens is 1. The Morgan fingerprint density at radius 1 is 1.11 bits per heavy atom. The molecule has 3 rings (SSSR count). The first-order valence-corrected chi connectivity index (χ1v) is 10.3. The molecule has 0 saturated heterocycles. The molecule has 0 aliphatic heterocycles. The highest BCUT2D eigenvalue weighted by molar-refractivity contribution is 7.18. The van der Waals surface area contributed by atoms with Crippen LogP contribution in [0.3, 0.4) is 0 Å². The number of esters is 1. The average Bonchev–Trinajstić information content (AvgIpc) is 3.05. The molecule has 0 atom stereocenters. The molecule has 5 nitrogen and oxygen atoms in total. The largest absolute Gasteiger partial charge is 0.456 e. The number of halogens is 3. The first-order valence-electron chi connectivity index (χ1n) is 8.37. The number of benzene rings is 2. The summed E-state index contributed by atoms with van der Waals surface area (Å²) in [7, 11) is 0. The number of aryl methyl sites for hydroxylation is 1. The lowest BCUT2D eigenvalue weighted by Gasteiger charge is -2.10. The van der Waals surface area contributed by atoms with Crippen LogP contribution in [0.15, 0.2) is 36.4 Å². The normalized spacial score (nSPS) is 10.8. The van der Waals surface area contributed by atoms with Crippen molar-refractivity contribution in [2.45, 2.75) is 19.3 Å². The number of hydrogen-bond acceptors (Lipinski definition) is 5. The van der Waals surface area contributed by atoms with E-state index < -0.39 is 18.5 Å².